The number of imide groups is 2. The van der Waals surface area contributed by atoms with E-state index in [1.165, 1.54) is 6.07 Å². The van der Waals surface area contributed by atoms with Crippen molar-refractivity contribution in [3.8, 4) is 11.6 Å². The lowest BCUT2D eigenvalue weighted by Gasteiger charge is -2.36. The van der Waals surface area contributed by atoms with Crippen molar-refractivity contribution >= 4 is 52.5 Å². The quantitative estimate of drug-likeness (QED) is 0.226. The number of carbonyl (C=O) groups excluding carboxylic acids is 5. The maximum atomic E-state index is 13.3. The SMILES string of the molecule is O=C1CCC(N2C(=O)c3cccc(NCC(=O)N4CCN(c5ccc(Nc6nccc(Oc7ccccc7)n6)cc5)CC4)c3C2=O)C(=O)N1. The Morgan fingerprint density at radius 1 is 0.878 bits per heavy atom. The van der Waals surface area contributed by atoms with E-state index < -0.39 is 29.7 Å². The summed E-state index contributed by atoms with van der Waals surface area (Å²) in [6.45, 7) is 2.22. The van der Waals surface area contributed by atoms with Crippen molar-refractivity contribution < 1.29 is 28.7 Å². The summed E-state index contributed by atoms with van der Waals surface area (Å²) in [7, 11) is 0. The van der Waals surface area contributed by atoms with Gasteiger partial charge in [0, 0.05) is 61.9 Å². The topological polar surface area (TPSA) is 166 Å². The summed E-state index contributed by atoms with van der Waals surface area (Å²) in [4.78, 5) is 77.2. The maximum Gasteiger partial charge on any atom is 0.264 e. The summed E-state index contributed by atoms with van der Waals surface area (Å²) in [6, 6.07) is 22.7. The number of benzene rings is 3. The van der Waals surface area contributed by atoms with Crippen LogP contribution in [0, 0.1) is 0 Å². The largest absolute Gasteiger partial charge is 0.439 e. The van der Waals surface area contributed by atoms with Gasteiger partial charge in [-0.05, 0) is 55.0 Å². The number of nitrogens with zero attached hydrogens (tertiary/aromatic N) is 5. The normalized spacial score (nSPS) is 17.5. The highest BCUT2D eigenvalue weighted by molar-refractivity contribution is 6.25. The predicted octanol–water partition coefficient (Wildman–Crippen LogP) is 3.17. The molecule has 0 bridgehead atoms. The van der Waals surface area contributed by atoms with Crippen LogP contribution in [0.4, 0.5) is 23.0 Å². The van der Waals surface area contributed by atoms with Crippen molar-refractivity contribution in [3.05, 3.63) is 96.2 Å². The fraction of sp³-hybridized carbons (Fsp3) is 0.229. The molecule has 4 heterocycles. The second-order valence-electron chi connectivity index (χ2n) is 11.7. The lowest BCUT2D eigenvalue weighted by Crippen LogP contribution is -2.54. The van der Waals surface area contributed by atoms with E-state index in [0.717, 1.165) is 16.3 Å². The molecule has 14 heteroatoms. The number of para-hydroxylation sites is 1. The molecule has 1 aromatic heterocycles. The van der Waals surface area contributed by atoms with E-state index in [4.69, 9.17) is 4.74 Å². The Morgan fingerprint density at radius 3 is 2.41 bits per heavy atom. The molecule has 4 aromatic rings. The molecule has 2 saturated heterocycles. The monoisotopic (exact) mass is 660 g/mol. The molecule has 3 aliphatic rings. The number of piperazine rings is 1. The van der Waals surface area contributed by atoms with Crippen LogP contribution in [0.15, 0.2) is 85.1 Å². The Labute approximate surface area is 281 Å². The van der Waals surface area contributed by atoms with Gasteiger partial charge in [0.25, 0.3) is 11.8 Å². The summed E-state index contributed by atoms with van der Waals surface area (Å²) in [6.07, 6.45) is 1.73. The number of aromatic nitrogens is 2. The zero-order valence-electron chi connectivity index (χ0n) is 26.3. The number of fused-ring (bicyclic) bond motifs is 1. The van der Waals surface area contributed by atoms with E-state index in [2.05, 4.69) is 30.8 Å². The lowest BCUT2D eigenvalue weighted by atomic mass is 10.0. The first-order valence-corrected chi connectivity index (χ1v) is 15.9. The van der Waals surface area contributed by atoms with Gasteiger partial charge in [-0.15, -0.1) is 0 Å². The van der Waals surface area contributed by atoms with Gasteiger partial charge >= 0.3 is 0 Å². The zero-order valence-corrected chi connectivity index (χ0v) is 26.3. The minimum absolute atomic E-state index is 0.0374. The van der Waals surface area contributed by atoms with Gasteiger partial charge in [-0.1, -0.05) is 24.3 Å². The summed E-state index contributed by atoms with van der Waals surface area (Å²) in [5.74, 6) is -0.960. The zero-order chi connectivity index (χ0) is 33.9. The third kappa shape index (κ3) is 6.61. The van der Waals surface area contributed by atoms with Crippen LogP contribution >= 0.6 is 0 Å². The van der Waals surface area contributed by atoms with Crippen molar-refractivity contribution in [1.82, 2.24) is 25.1 Å². The van der Waals surface area contributed by atoms with E-state index in [9.17, 15) is 24.0 Å². The van der Waals surface area contributed by atoms with E-state index >= 15 is 0 Å². The number of ether oxygens (including phenoxy) is 1. The van der Waals surface area contributed by atoms with Gasteiger partial charge in [0.2, 0.25) is 29.5 Å². The molecule has 3 aromatic carbocycles. The highest BCUT2D eigenvalue weighted by Gasteiger charge is 2.45. The number of nitrogens with one attached hydrogen (secondary N) is 3. The number of rotatable bonds is 9. The molecule has 49 heavy (non-hydrogen) atoms. The highest BCUT2D eigenvalue weighted by Crippen LogP contribution is 2.32. The first-order chi connectivity index (χ1) is 23.8. The van der Waals surface area contributed by atoms with Crippen LogP contribution in [0.5, 0.6) is 11.6 Å². The van der Waals surface area contributed by atoms with Gasteiger partial charge in [-0.25, -0.2) is 4.98 Å². The van der Waals surface area contributed by atoms with Crippen molar-refractivity contribution in [1.29, 1.82) is 0 Å². The fourth-order valence-corrected chi connectivity index (χ4v) is 6.11. The molecule has 1 atom stereocenters. The number of carbonyl (C=O) groups is 5. The molecular formula is C35H32N8O6. The van der Waals surface area contributed by atoms with Gasteiger partial charge in [0.1, 0.15) is 11.8 Å². The first kappa shape index (κ1) is 31.3. The molecule has 5 amide bonds. The minimum Gasteiger partial charge on any atom is -0.439 e. The van der Waals surface area contributed by atoms with Crippen molar-refractivity contribution in [3.63, 3.8) is 0 Å². The number of hydrogen-bond acceptors (Lipinski definition) is 11. The number of hydrogen-bond donors (Lipinski definition) is 3. The Kier molecular flexibility index (Phi) is 8.58. The van der Waals surface area contributed by atoms with Crippen molar-refractivity contribution in [2.24, 2.45) is 0 Å². The van der Waals surface area contributed by atoms with Gasteiger partial charge in [-0.2, -0.15) is 4.98 Å². The molecule has 3 aliphatic heterocycles. The van der Waals surface area contributed by atoms with E-state index in [0.29, 0.717) is 49.4 Å². The molecule has 0 spiro atoms. The molecule has 0 aliphatic carbocycles. The van der Waals surface area contributed by atoms with Crippen molar-refractivity contribution in [2.45, 2.75) is 18.9 Å². The van der Waals surface area contributed by atoms with E-state index in [-0.39, 0.29) is 36.4 Å². The summed E-state index contributed by atoms with van der Waals surface area (Å²) >= 11 is 0. The summed E-state index contributed by atoms with van der Waals surface area (Å²) in [5.41, 5.74) is 2.44. The maximum absolute atomic E-state index is 13.3. The second-order valence-corrected chi connectivity index (χ2v) is 11.7. The molecule has 7 rings (SSSR count). The Bertz CT molecular complexity index is 1930. The number of anilines is 4. The lowest BCUT2D eigenvalue weighted by molar-refractivity contribution is -0.136. The third-order valence-corrected chi connectivity index (χ3v) is 8.61. The average Bonchev–Trinajstić information content (AvgIpc) is 3.37. The molecule has 248 valence electrons. The van der Waals surface area contributed by atoms with Crippen LogP contribution in [0.1, 0.15) is 33.6 Å². The minimum atomic E-state index is -1.06. The van der Waals surface area contributed by atoms with Gasteiger partial charge in [0.15, 0.2) is 0 Å². The average molecular weight is 661 g/mol. The Hall–Kier alpha value is -6.31. The summed E-state index contributed by atoms with van der Waals surface area (Å²) in [5, 5.41) is 8.43. The molecule has 14 nitrogen and oxygen atoms in total. The van der Waals surface area contributed by atoms with Gasteiger partial charge in [0.05, 0.1) is 17.7 Å². The smallest absolute Gasteiger partial charge is 0.264 e. The van der Waals surface area contributed by atoms with E-state index in [1.807, 2.05) is 54.6 Å². The summed E-state index contributed by atoms with van der Waals surface area (Å²) < 4.78 is 5.80. The second kappa shape index (κ2) is 13.4. The molecule has 3 N–H and O–H groups in total. The van der Waals surface area contributed by atoms with Gasteiger partial charge in [-0.3, -0.25) is 34.2 Å². The standard InChI is InChI=1S/C35H32N8O6/c44-28-14-13-27(32(46)39-28)43-33(47)25-7-4-8-26(31(25)34(43)48)37-21-30(45)42-19-17-41(18-20-42)23-11-9-22(10-12-23)38-35-36-16-15-29(40-35)49-24-5-2-1-3-6-24/h1-12,15-16,27,37H,13-14,17-21H2,(H,36,38,40)(H,39,44,46). The van der Waals surface area contributed by atoms with Crippen molar-refractivity contribution in [2.75, 3.05) is 48.3 Å². The van der Waals surface area contributed by atoms with Crippen LogP contribution in [-0.2, 0) is 14.4 Å². The van der Waals surface area contributed by atoms with Gasteiger partial charge < -0.3 is 25.2 Å². The van der Waals surface area contributed by atoms with Crippen LogP contribution < -0.4 is 25.6 Å². The number of piperidine rings is 1. The van der Waals surface area contributed by atoms with Crippen LogP contribution in [0.25, 0.3) is 0 Å². The molecular weight excluding hydrogens is 628 g/mol. The van der Waals surface area contributed by atoms with Crippen LogP contribution in [0.3, 0.4) is 0 Å². The molecule has 0 saturated carbocycles. The molecule has 2 fully saturated rings. The predicted molar refractivity (Wildman–Crippen MR) is 179 cm³/mol. The Morgan fingerprint density at radius 2 is 1.65 bits per heavy atom. The molecule has 0 radical (unpaired) electrons. The number of amides is 5. The fourth-order valence-electron chi connectivity index (χ4n) is 6.11. The van der Waals surface area contributed by atoms with Crippen LogP contribution in [-0.4, -0.2) is 88.1 Å². The third-order valence-electron chi connectivity index (χ3n) is 8.61. The highest BCUT2D eigenvalue weighted by atomic mass is 16.5. The Balaban J connectivity index is 0.913. The first-order valence-electron chi connectivity index (χ1n) is 15.9. The molecule has 1 unspecified atom stereocenters. The van der Waals surface area contributed by atoms with E-state index in [1.54, 1.807) is 29.3 Å². The van der Waals surface area contributed by atoms with Crippen LogP contribution in [0.2, 0.25) is 0 Å².